The van der Waals surface area contributed by atoms with Gasteiger partial charge in [-0.25, -0.2) is 0 Å². The van der Waals surface area contributed by atoms with E-state index in [1.807, 2.05) is 0 Å². The first-order valence-corrected chi connectivity index (χ1v) is 1.54. The minimum absolute atomic E-state index is 0. The maximum absolute atomic E-state index is 7.59. The zero-order chi connectivity index (χ0) is 4.50. The predicted molar refractivity (Wildman–Crippen MR) is 19.1 cm³/mol. The van der Waals surface area contributed by atoms with Crippen molar-refractivity contribution in [3.63, 3.8) is 0 Å². The Morgan fingerprint density at radius 3 is 1.17 bits per heavy atom. The van der Waals surface area contributed by atoms with Crippen LogP contribution < -0.4 is 0 Å². The largest absolute Gasteiger partial charge is 0.341 e. The van der Waals surface area contributed by atoms with Gasteiger partial charge in [-0.1, -0.05) is 0 Å². The Hall–Kier alpha value is 1.05. The maximum Gasteiger partial charge on any atom is 0.287 e. The molecular formula is CH5AuO3P. The van der Waals surface area contributed by atoms with E-state index >= 15 is 0 Å². The molecule has 3 nitrogen and oxygen atoms in total. The molecule has 1 unspecified atom stereocenters. The van der Waals surface area contributed by atoms with Gasteiger partial charge in [0.25, 0.3) is 5.71 Å². The minimum atomic E-state index is -2.58. The van der Waals surface area contributed by atoms with Crippen LogP contribution in [0.4, 0.5) is 0 Å². The van der Waals surface area contributed by atoms with Gasteiger partial charge in [0, 0.05) is 22.4 Å². The summed E-state index contributed by atoms with van der Waals surface area (Å²) < 4.78 is 0. The van der Waals surface area contributed by atoms with Gasteiger partial charge in [0.2, 0.25) is 0 Å². The zero-order valence-corrected chi connectivity index (χ0v) is 6.04. The van der Waals surface area contributed by atoms with Crippen LogP contribution >= 0.6 is 9.24 Å². The van der Waals surface area contributed by atoms with Crippen molar-refractivity contribution in [1.82, 2.24) is 0 Å². The smallest absolute Gasteiger partial charge is 0.287 e. The third kappa shape index (κ3) is 75.1. The number of rotatable bonds is 0. The molecule has 0 aliphatic heterocycles. The third-order valence-corrected chi connectivity index (χ3v) is 0. The SMILES string of the molecule is OC(O)(O)P.[Au]. The molecule has 0 heterocycles. The molecule has 0 aliphatic rings. The molecule has 5 heteroatoms. The summed E-state index contributed by atoms with van der Waals surface area (Å²) in [4.78, 5) is 0. The summed E-state index contributed by atoms with van der Waals surface area (Å²) in [7, 11) is 1.38. The van der Waals surface area contributed by atoms with E-state index in [1.165, 1.54) is 9.24 Å². The maximum atomic E-state index is 7.59. The van der Waals surface area contributed by atoms with E-state index < -0.39 is 5.71 Å². The van der Waals surface area contributed by atoms with Crippen LogP contribution in [0.1, 0.15) is 0 Å². The molecule has 43 valence electrons. The number of aliphatic hydroxyl groups is 3. The molecule has 0 aromatic heterocycles. The molecule has 6 heavy (non-hydrogen) atoms. The molecule has 0 saturated carbocycles. The van der Waals surface area contributed by atoms with Crippen LogP contribution in [0.15, 0.2) is 0 Å². The first-order valence-electron chi connectivity index (χ1n) is 0.959. The van der Waals surface area contributed by atoms with Crippen LogP contribution in [0.2, 0.25) is 0 Å². The molecule has 0 aromatic rings. The second-order valence-electron chi connectivity index (χ2n) is 0.687. The Morgan fingerprint density at radius 1 is 1.17 bits per heavy atom. The Balaban J connectivity index is 0. The van der Waals surface area contributed by atoms with Crippen LogP contribution in [0.3, 0.4) is 0 Å². The topological polar surface area (TPSA) is 60.7 Å². The molecule has 0 rings (SSSR count). The summed E-state index contributed by atoms with van der Waals surface area (Å²) in [5.74, 6) is 0. The molecule has 0 bridgehead atoms. The summed E-state index contributed by atoms with van der Waals surface area (Å²) in [6.07, 6.45) is 0. The van der Waals surface area contributed by atoms with Crippen molar-refractivity contribution < 1.29 is 37.7 Å². The van der Waals surface area contributed by atoms with Crippen molar-refractivity contribution in [2.45, 2.75) is 5.71 Å². The van der Waals surface area contributed by atoms with E-state index in [0.717, 1.165) is 0 Å². The van der Waals surface area contributed by atoms with Crippen molar-refractivity contribution in [3.8, 4) is 0 Å². The average molecular weight is 293 g/mol. The van der Waals surface area contributed by atoms with Crippen LogP contribution in [-0.4, -0.2) is 21.0 Å². The fourth-order valence-corrected chi connectivity index (χ4v) is 0. The van der Waals surface area contributed by atoms with Gasteiger partial charge < -0.3 is 15.3 Å². The van der Waals surface area contributed by atoms with E-state index in [0.29, 0.717) is 0 Å². The summed E-state index contributed by atoms with van der Waals surface area (Å²) >= 11 is 0. The van der Waals surface area contributed by atoms with Crippen LogP contribution in [0.25, 0.3) is 0 Å². The molecular weight excluding hydrogens is 288 g/mol. The average Bonchev–Trinajstić information content (AvgIpc) is 0.722. The molecule has 0 aliphatic carbocycles. The molecule has 3 N–H and O–H groups in total. The fraction of sp³-hybridized carbons (Fsp3) is 1.00. The molecule has 0 fully saturated rings. The van der Waals surface area contributed by atoms with Gasteiger partial charge in [-0.3, -0.25) is 0 Å². The molecule has 0 amide bonds. The Labute approximate surface area is 53.1 Å². The number of hydrogen-bond donors (Lipinski definition) is 3. The van der Waals surface area contributed by atoms with Gasteiger partial charge in [0.05, 0.1) is 0 Å². The normalized spacial score (nSPS) is 10.0. The first-order chi connectivity index (χ1) is 2.00. The fourth-order valence-electron chi connectivity index (χ4n) is 0. The van der Waals surface area contributed by atoms with E-state index in [4.69, 9.17) is 15.3 Å². The molecule has 0 saturated heterocycles. The second kappa shape index (κ2) is 3.10. The van der Waals surface area contributed by atoms with Gasteiger partial charge >= 0.3 is 0 Å². The standard InChI is InChI=1S/CH5O3P.Au/c2-1(3,4)5;/h2-4H,5H2;. The molecule has 1 radical (unpaired) electrons. The summed E-state index contributed by atoms with van der Waals surface area (Å²) in [6, 6.07) is 0. The zero-order valence-electron chi connectivity index (χ0n) is 2.72. The van der Waals surface area contributed by atoms with Gasteiger partial charge in [0.1, 0.15) is 0 Å². The van der Waals surface area contributed by atoms with Gasteiger partial charge in [-0.2, -0.15) is 0 Å². The van der Waals surface area contributed by atoms with Gasteiger partial charge in [0.15, 0.2) is 0 Å². The van der Waals surface area contributed by atoms with E-state index in [1.54, 1.807) is 0 Å². The van der Waals surface area contributed by atoms with Crippen LogP contribution in [0.5, 0.6) is 0 Å². The minimum Gasteiger partial charge on any atom is -0.341 e. The summed E-state index contributed by atoms with van der Waals surface area (Å²) in [6.45, 7) is 0. The van der Waals surface area contributed by atoms with Crippen molar-refractivity contribution >= 4 is 9.24 Å². The van der Waals surface area contributed by atoms with Crippen molar-refractivity contribution in [2.24, 2.45) is 0 Å². The van der Waals surface area contributed by atoms with Gasteiger partial charge in [-0.15, -0.1) is 0 Å². The molecule has 0 spiro atoms. The number of hydrogen-bond acceptors (Lipinski definition) is 3. The van der Waals surface area contributed by atoms with Crippen molar-refractivity contribution in [2.75, 3.05) is 0 Å². The first kappa shape index (κ1) is 10.1. The Kier molecular flexibility index (Phi) is 5.24. The van der Waals surface area contributed by atoms with Crippen LogP contribution in [-0.2, 0) is 22.4 Å². The summed E-state index contributed by atoms with van der Waals surface area (Å²) in [5, 5.41) is 22.8. The third-order valence-electron chi connectivity index (χ3n) is 0. The van der Waals surface area contributed by atoms with E-state index in [9.17, 15) is 0 Å². The van der Waals surface area contributed by atoms with E-state index in [2.05, 4.69) is 0 Å². The molecule has 1 atom stereocenters. The summed E-state index contributed by atoms with van der Waals surface area (Å²) in [5.41, 5.74) is -2.58. The van der Waals surface area contributed by atoms with Crippen molar-refractivity contribution in [1.29, 1.82) is 0 Å². The monoisotopic (exact) mass is 293 g/mol. The van der Waals surface area contributed by atoms with Gasteiger partial charge in [-0.05, 0) is 9.24 Å². The van der Waals surface area contributed by atoms with E-state index in [-0.39, 0.29) is 22.4 Å². The van der Waals surface area contributed by atoms with Crippen LogP contribution in [0, 0.1) is 0 Å². The van der Waals surface area contributed by atoms with Crippen molar-refractivity contribution in [3.05, 3.63) is 0 Å². The Morgan fingerprint density at radius 2 is 1.17 bits per heavy atom. The second-order valence-corrected chi connectivity index (χ2v) is 1.46. The Bertz CT molecular complexity index is 26.3. The quantitative estimate of drug-likeness (QED) is 0.288. The molecule has 0 aromatic carbocycles. The predicted octanol–water partition coefficient (Wildman–Crippen LogP) is -1.55.